The SMILES string of the molecule is O=C(O)CCCCC(=O)N1CCCC1CC1CC2CCC1C2. The summed E-state index contributed by atoms with van der Waals surface area (Å²) in [6.07, 6.45) is 11.3. The van der Waals surface area contributed by atoms with Crippen molar-refractivity contribution in [3.05, 3.63) is 0 Å². The second-order valence-corrected chi connectivity index (χ2v) is 7.65. The van der Waals surface area contributed by atoms with Gasteiger partial charge in [-0.15, -0.1) is 0 Å². The highest BCUT2D eigenvalue weighted by molar-refractivity contribution is 5.76. The summed E-state index contributed by atoms with van der Waals surface area (Å²) in [6, 6.07) is 0.469. The zero-order valence-electron chi connectivity index (χ0n) is 13.5. The fourth-order valence-corrected chi connectivity index (χ4v) is 5.12. The lowest BCUT2D eigenvalue weighted by atomic mass is 9.83. The summed E-state index contributed by atoms with van der Waals surface area (Å²) in [5.74, 6) is 2.29. The number of carboxylic acids is 1. The van der Waals surface area contributed by atoms with Crippen LogP contribution in [0.3, 0.4) is 0 Å². The van der Waals surface area contributed by atoms with E-state index in [9.17, 15) is 9.59 Å². The lowest BCUT2D eigenvalue weighted by Crippen LogP contribution is -2.37. The Kier molecular flexibility index (Phi) is 5.04. The van der Waals surface area contributed by atoms with Crippen molar-refractivity contribution in [2.75, 3.05) is 6.54 Å². The zero-order chi connectivity index (χ0) is 15.5. The molecule has 0 radical (unpaired) electrons. The molecule has 3 fully saturated rings. The van der Waals surface area contributed by atoms with Gasteiger partial charge in [-0.3, -0.25) is 9.59 Å². The Labute approximate surface area is 133 Å². The Balaban J connectivity index is 1.43. The number of rotatable bonds is 7. The monoisotopic (exact) mass is 307 g/mol. The van der Waals surface area contributed by atoms with Crippen LogP contribution >= 0.6 is 0 Å². The molecule has 124 valence electrons. The molecule has 2 bridgehead atoms. The number of carboxylic acid groups (broad SMARTS) is 1. The number of unbranched alkanes of at least 4 members (excludes halogenated alkanes) is 1. The zero-order valence-corrected chi connectivity index (χ0v) is 13.5. The number of nitrogens with zero attached hydrogens (tertiary/aromatic N) is 1. The Morgan fingerprint density at radius 3 is 2.55 bits per heavy atom. The van der Waals surface area contributed by atoms with Gasteiger partial charge in [0, 0.05) is 25.4 Å². The number of hydrogen-bond donors (Lipinski definition) is 1. The van der Waals surface area contributed by atoms with E-state index >= 15 is 0 Å². The molecule has 22 heavy (non-hydrogen) atoms. The van der Waals surface area contributed by atoms with Crippen LogP contribution in [0, 0.1) is 17.8 Å². The summed E-state index contributed by atoms with van der Waals surface area (Å²) in [5, 5.41) is 8.65. The number of fused-ring (bicyclic) bond motifs is 2. The van der Waals surface area contributed by atoms with Gasteiger partial charge in [0.1, 0.15) is 0 Å². The van der Waals surface area contributed by atoms with Crippen LogP contribution in [-0.2, 0) is 9.59 Å². The molecule has 0 aromatic rings. The van der Waals surface area contributed by atoms with E-state index in [1.165, 1.54) is 38.5 Å². The smallest absolute Gasteiger partial charge is 0.303 e. The minimum atomic E-state index is -0.761. The quantitative estimate of drug-likeness (QED) is 0.733. The first-order valence-corrected chi connectivity index (χ1v) is 9.14. The van der Waals surface area contributed by atoms with E-state index in [2.05, 4.69) is 4.90 Å². The average Bonchev–Trinajstić information content (AvgIpc) is 3.19. The van der Waals surface area contributed by atoms with Gasteiger partial charge in [-0.05, 0) is 69.1 Å². The topological polar surface area (TPSA) is 57.6 Å². The van der Waals surface area contributed by atoms with Crippen LogP contribution in [0.4, 0.5) is 0 Å². The number of carbonyl (C=O) groups is 2. The van der Waals surface area contributed by atoms with Crippen molar-refractivity contribution in [1.29, 1.82) is 0 Å². The van der Waals surface area contributed by atoms with Crippen LogP contribution in [0.1, 0.15) is 70.6 Å². The first kappa shape index (κ1) is 15.8. The van der Waals surface area contributed by atoms with Crippen molar-refractivity contribution in [1.82, 2.24) is 4.90 Å². The van der Waals surface area contributed by atoms with E-state index in [4.69, 9.17) is 5.11 Å². The van der Waals surface area contributed by atoms with E-state index in [1.54, 1.807) is 0 Å². The third-order valence-electron chi connectivity index (χ3n) is 6.19. The lowest BCUT2D eigenvalue weighted by molar-refractivity contribution is -0.137. The van der Waals surface area contributed by atoms with E-state index in [0.717, 1.165) is 30.7 Å². The molecule has 0 aromatic heterocycles. The molecule has 0 aromatic carbocycles. The normalized spacial score (nSPS) is 33.5. The molecule has 4 atom stereocenters. The minimum Gasteiger partial charge on any atom is -0.481 e. The third-order valence-corrected chi connectivity index (χ3v) is 6.19. The molecule has 1 N–H and O–H groups in total. The molecule has 1 saturated heterocycles. The standard InChI is InChI=1S/C18H29NO3/c20-17(5-1-2-6-18(21)22)19-9-3-4-16(19)12-15-11-13-7-8-14(15)10-13/h13-16H,1-12H2,(H,21,22). The number of carbonyl (C=O) groups excluding carboxylic acids is 1. The highest BCUT2D eigenvalue weighted by Gasteiger charge is 2.41. The number of aliphatic carboxylic acids is 1. The van der Waals surface area contributed by atoms with Crippen molar-refractivity contribution in [3.8, 4) is 0 Å². The molecule has 4 nitrogen and oxygen atoms in total. The Morgan fingerprint density at radius 1 is 1.05 bits per heavy atom. The third kappa shape index (κ3) is 3.64. The summed E-state index contributed by atoms with van der Waals surface area (Å²) in [5.41, 5.74) is 0. The van der Waals surface area contributed by atoms with E-state index in [-0.39, 0.29) is 12.3 Å². The Hall–Kier alpha value is -1.06. The molecule has 3 rings (SSSR count). The van der Waals surface area contributed by atoms with E-state index in [0.29, 0.717) is 25.3 Å². The predicted octanol–water partition coefficient (Wildman–Crippen LogP) is 3.45. The highest BCUT2D eigenvalue weighted by atomic mass is 16.4. The summed E-state index contributed by atoms with van der Waals surface area (Å²) in [6.45, 7) is 0.920. The van der Waals surface area contributed by atoms with Gasteiger partial charge in [0.15, 0.2) is 0 Å². The van der Waals surface area contributed by atoms with Crippen LogP contribution in [0.15, 0.2) is 0 Å². The Morgan fingerprint density at radius 2 is 1.86 bits per heavy atom. The summed E-state index contributed by atoms with van der Waals surface area (Å²) in [4.78, 5) is 25.0. The summed E-state index contributed by atoms with van der Waals surface area (Å²) < 4.78 is 0. The fourth-order valence-electron chi connectivity index (χ4n) is 5.12. The first-order valence-electron chi connectivity index (χ1n) is 9.14. The van der Waals surface area contributed by atoms with Crippen molar-refractivity contribution >= 4 is 11.9 Å². The van der Waals surface area contributed by atoms with Gasteiger partial charge in [-0.2, -0.15) is 0 Å². The van der Waals surface area contributed by atoms with Crippen molar-refractivity contribution < 1.29 is 14.7 Å². The van der Waals surface area contributed by atoms with Crippen molar-refractivity contribution in [3.63, 3.8) is 0 Å². The highest BCUT2D eigenvalue weighted by Crippen LogP contribution is 2.50. The second kappa shape index (κ2) is 7.01. The van der Waals surface area contributed by atoms with Gasteiger partial charge in [-0.25, -0.2) is 0 Å². The summed E-state index contributed by atoms with van der Waals surface area (Å²) >= 11 is 0. The molecular weight excluding hydrogens is 278 g/mol. The van der Waals surface area contributed by atoms with Gasteiger partial charge in [0.25, 0.3) is 0 Å². The largest absolute Gasteiger partial charge is 0.481 e. The van der Waals surface area contributed by atoms with Gasteiger partial charge in [0.2, 0.25) is 5.91 Å². The van der Waals surface area contributed by atoms with Crippen LogP contribution < -0.4 is 0 Å². The average molecular weight is 307 g/mol. The molecule has 1 aliphatic heterocycles. The maximum Gasteiger partial charge on any atom is 0.303 e. The number of amides is 1. The fraction of sp³-hybridized carbons (Fsp3) is 0.889. The molecule has 3 aliphatic rings. The maximum atomic E-state index is 12.4. The van der Waals surface area contributed by atoms with Gasteiger partial charge in [0.05, 0.1) is 0 Å². The first-order chi connectivity index (χ1) is 10.6. The van der Waals surface area contributed by atoms with Crippen LogP contribution in [0.2, 0.25) is 0 Å². The molecule has 4 heteroatoms. The van der Waals surface area contributed by atoms with Crippen LogP contribution in [-0.4, -0.2) is 34.5 Å². The van der Waals surface area contributed by atoms with Crippen LogP contribution in [0.25, 0.3) is 0 Å². The van der Waals surface area contributed by atoms with Gasteiger partial charge >= 0.3 is 5.97 Å². The molecule has 1 heterocycles. The second-order valence-electron chi connectivity index (χ2n) is 7.65. The Bertz CT molecular complexity index is 423. The molecule has 4 unspecified atom stereocenters. The maximum absolute atomic E-state index is 12.4. The molecule has 2 saturated carbocycles. The van der Waals surface area contributed by atoms with Crippen LogP contribution in [0.5, 0.6) is 0 Å². The molecule has 1 amide bonds. The van der Waals surface area contributed by atoms with E-state index in [1.807, 2.05) is 0 Å². The van der Waals surface area contributed by atoms with Crippen molar-refractivity contribution in [2.45, 2.75) is 76.7 Å². The molecule has 2 aliphatic carbocycles. The van der Waals surface area contributed by atoms with Gasteiger partial charge in [-0.1, -0.05) is 6.42 Å². The van der Waals surface area contributed by atoms with E-state index < -0.39 is 5.97 Å². The molecular formula is C18H29NO3. The molecule has 0 spiro atoms. The van der Waals surface area contributed by atoms with Crippen molar-refractivity contribution in [2.24, 2.45) is 17.8 Å². The number of likely N-dealkylation sites (tertiary alicyclic amines) is 1. The predicted molar refractivity (Wildman–Crippen MR) is 84.4 cm³/mol. The van der Waals surface area contributed by atoms with Gasteiger partial charge < -0.3 is 10.0 Å². The summed E-state index contributed by atoms with van der Waals surface area (Å²) in [7, 11) is 0. The lowest BCUT2D eigenvalue weighted by Gasteiger charge is -2.30. The number of hydrogen-bond acceptors (Lipinski definition) is 2. The minimum absolute atomic E-state index is 0.182.